The maximum absolute atomic E-state index is 12.3. The van der Waals surface area contributed by atoms with Crippen molar-refractivity contribution in [3.05, 3.63) is 59.1 Å². The molecule has 1 heterocycles. The number of amides is 1. The molecule has 1 saturated heterocycles. The Morgan fingerprint density at radius 3 is 2.91 bits per heavy atom. The smallest absolute Gasteiger partial charge is 0.255 e. The molecule has 0 aliphatic carbocycles. The van der Waals surface area contributed by atoms with Crippen LogP contribution in [0, 0.1) is 0 Å². The summed E-state index contributed by atoms with van der Waals surface area (Å²) in [5, 5.41) is 3.39. The van der Waals surface area contributed by atoms with Crippen LogP contribution >= 0.6 is 11.6 Å². The molecule has 1 fully saturated rings. The number of para-hydroxylation sites is 2. The first-order chi connectivity index (χ1) is 11.2. The summed E-state index contributed by atoms with van der Waals surface area (Å²) in [5.41, 5.74) is 1.14. The molecule has 0 radical (unpaired) electrons. The summed E-state index contributed by atoms with van der Waals surface area (Å²) in [6.45, 7) is 1.28. The van der Waals surface area contributed by atoms with E-state index in [9.17, 15) is 4.79 Å². The molecule has 5 heteroatoms. The summed E-state index contributed by atoms with van der Waals surface area (Å²) < 4.78 is 11.4. The van der Waals surface area contributed by atoms with Crippen LogP contribution in [0.3, 0.4) is 0 Å². The Morgan fingerprint density at radius 1 is 1.26 bits per heavy atom. The Kier molecular flexibility index (Phi) is 5.16. The van der Waals surface area contributed by atoms with Crippen molar-refractivity contribution in [3.63, 3.8) is 0 Å². The van der Waals surface area contributed by atoms with Crippen LogP contribution in [0.25, 0.3) is 0 Å². The van der Waals surface area contributed by atoms with Gasteiger partial charge in [0, 0.05) is 17.2 Å². The van der Waals surface area contributed by atoms with E-state index in [1.165, 1.54) is 0 Å². The molecule has 0 spiro atoms. The summed E-state index contributed by atoms with van der Waals surface area (Å²) in [7, 11) is 0. The molecule has 1 aliphatic heterocycles. The van der Waals surface area contributed by atoms with Crippen molar-refractivity contribution in [1.82, 2.24) is 0 Å². The highest BCUT2D eigenvalue weighted by Crippen LogP contribution is 2.26. The van der Waals surface area contributed by atoms with Crippen LogP contribution in [-0.4, -0.2) is 25.2 Å². The number of anilines is 1. The average molecular weight is 332 g/mol. The lowest BCUT2D eigenvalue weighted by Crippen LogP contribution is -2.18. The minimum atomic E-state index is -0.222. The number of hydrogen-bond donors (Lipinski definition) is 1. The van der Waals surface area contributed by atoms with Gasteiger partial charge in [-0.2, -0.15) is 0 Å². The fourth-order valence-corrected chi connectivity index (χ4v) is 2.67. The van der Waals surface area contributed by atoms with Gasteiger partial charge in [0.25, 0.3) is 5.91 Å². The number of carbonyl (C=O) groups is 1. The molecule has 1 atom stereocenters. The molecule has 2 aromatic carbocycles. The molecule has 0 aromatic heterocycles. The molecule has 4 nitrogen and oxygen atoms in total. The predicted molar refractivity (Wildman–Crippen MR) is 90.3 cm³/mol. The van der Waals surface area contributed by atoms with Gasteiger partial charge in [0.2, 0.25) is 0 Å². The van der Waals surface area contributed by atoms with E-state index >= 15 is 0 Å². The van der Waals surface area contributed by atoms with Gasteiger partial charge >= 0.3 is 0 Å². The van der Waals surface area contributed by atoms with Crippen molar-refractivity contribution >= 4 is 23.2 Å². The molecular weight excluding hydrogens is 314 g/mol. The van der Waals surface area contributed by atoms with Gasteiger partial charge < -0.3 is 14.8 Å². The summed E-state index contributed by atoms with van der Waals surface area (Å²) in [5.74, 6) is 0.416. The molecule has 0 saturated carbocycles. The second kappa shape index (κ2) is 7.49. The number of halogens is 1. The first-order valence-electron chi connectivity index (χ1n) is 7.63. The van der Waals surface area contributed by atoms with Crippen LogP contribution in [0.2, 0.25) is 5.02 Å². The number of nitrogens with one attached hydrogen (secondary N) is 1. The fourth-order valence-electron chi connectivity index (χ4n) is 2.48. The molecule has 23 heavy (non-hydrogen) atoms. The lowest BCUT2D eigenvalue weighted by atomic mass is 10.2. The van der Waals surface area contributed by atoms with Crippen LogP contribution in [0.5, 0.6) is 5.75 Å². The molecule has 120 valence electrons. The number of rotatable bonds is 5. The summed E-state index contributed by atoms with van der Waals surface area (Å²) in [4.78, 5) is 12.3. The molecule has 1 N–H and O–H groups in total. The lowest BCUT2D eigenvalue weighted by Gasteiger charge is -2.15. The van der Waals surface area contributed by atoms with Crippen molar-refractivity contribution in [2.75, 3.05) is 18.5 Å². The van der Waals surface area contributed by atoms with Crippen molar-refractivity contribution in [1.29, 1.82) is 0 Å². The number of carbonyl (C=O) groups excluding carboxylic acids is 1. The Bertz CT molecular complexity index is 683. The molecule has 3 rings (SSSR count). The molecule has 0 bridgehead atoms. The number of ether oxygens (including phenoxy) is 2. The Balaban J connectivity index is 1.68. The van der Waals surface area contributed by atoms with E-state index in [1.54, 1.807) is 24.3 Å². The molecular formula is C18H18ClNO3. The van der Waals surface area contributed by atoms with Gasteiger partial charge in [-0.1, -0.05) is 29.8 Å². The zero-order valence-electron chi connectivity index (χ0n) is 12.6. The minimum absolute atomic E-state index is 0.131. The van der Waals surface area contributed by atoms with Gasteiger partial charge in [-0.15, -0.1) is 0 Å². The topological polar surface area (TPSA) is 47.6 Å². The highest BCUT2D eigenvalue weighted by molar-refractivity contribution is 6.31. The van der Waals surface area contributed by atoms with Crippen LogP contribution in [0.1, 0.15) is 23.2 Å². The van der Waals surface area contributed by atoms with E-state index in [2.05, 4.69) is 5.32 Å². The van der Waals surface area contributed by atoms with E-state index in [-0.39, 0.29) is 12.0 Å². The third-order valence-electron chi connectivity index (χ3n) is 3.67. The highest BCUT2D eigenvalue weighted by Gasteiger charge is 2.17. The Labute approximate surface area is 140 Å². The predicted octanol–water partition coefficient (Wildman–Crippen LogP) is 4.15. The van der Waals surface area contributed by atoms with E-state index in [4.69, 9.17) is 21.1 Å². The quantitative estimate of drug-likeness (QED) is 0.895. The molecule has 0 unspecified atom stereocenters. The lowest BCUT2D eigenvalue weighted by molar-refractivity contribution is 0.0682. The van der Waals surface area contributed by atoms with E-state index in [1.807, 2.05) is 24.3 Å². The third-order valence-corrected chi connectivity index (χ3v) is 3.91. The van der Waals surface area contributed by atoms with Gasteiger partial charge in [0.1, 0.15) is 12.4 Å². The minimum Gasteiger partial charge on any atom is -0.489 e. The zero-order valence-corrected chi connectivity index (χ0v) is 13.4. The van der Waals surface area contributed by atoms with Crippen LogP contribution in [-0.2, 0) is 4.74 Å². The van der Waals surface area contributed by atoms with Crippen LogP contribution < -0.4 is 10.1 Å². The average Bonchev–Trinajstić information content (AvgIpc) is 3.07. The summed E-state index contributed by atoms with van der Waals surface area (Å²) >= 11 is 5.93. The van der Waals surface area contributed by atoms with E-state index in [0.717, 1.165) is 19.4 Å². The van der Waals surface area contributed by atoms with Crippen LogP contribution in [0.15, 0.2) is 48.5 Å². The highest BCUT2D eigenvalue weighted by atomic mass is 35.5. The first-order valence-corrected chi connectivity index (χ1v) is 8.00. The largest absolute Gasteiger partial charge is 0.489 e. The second-order valence-electron chi connectivity index (χ2n) is 5.41. The van der Waals surface area contributed by atoms with Crippen molar-refractivity contribution in [2.24, 2.45) is 0 Å². The molecule has 1 amide bonds. The second-order valence-corrected chi connectivity index (χ2v) is 5.84. The summed E-state index contributed by atoms with van der Waals surface area (Å²) in [6, 6.07) is 14.2. The van der Waals surface area contributed by atoms with E-state index < -0.39 is 0 Å². The van der Waals surface area contributed by atoms with Gasteiger partial charge in [0.15, 0.2) is 0 Å². The SMILES string of the molecule is O=C(Nc1ccccc1OC[C@@H]1CCCO1)c1cccc(Cl)c1. The van der Waals surface area contributed by atoms with Gasteiger partial charge in [0.05, 0.1) is 11.8 Å². The van der Waals surface area contributed by atoms with Gasteiger partial charge in [-0.25, -0.2) is 0 Å². The maximum atomic E-state index is 12.3. The van der Waals surface area contributed by atoms with Crippen LogP contribution in [0.4, 0.5) is 5.69 Å². The van der Waals surface area contributed by atoms with Crippen molar-refractivity contribution in [2.45, 2.75) is 18.9 Å². The molecule has 2 aromatic rings. The number of benzene rings is 2. The standard InChI is InChI=1S/C18H18ClNO3/c19-14-6-3-5-13(11-14)18(21)20-16-8-1-2-9-17(16)23-12-15-7-4-10-22-15/h1-3,5-6,8-9,11,15H,4,7,10,12H2,(H,20,21)/t15-/m0/s1. The normalized spacial score (nSPS) is 17.0. The Morgan fingerprint density at radius 2 is 2.13 bits per heavy atom. The van der Waals surface area contributed by atoms with E-state index in [0.29, 0.717) is 28.6 Å². The third kappa shape index (κ3) is 4.24. The molecule has 1 aliphatic rings. The van der Waals surface area contributed by atoms with Crippen molar-refractivity contribution in [3.8, 4) is 5.75 Å². The first kappa shape index (κ1) is 15.8. The van der Waals surface area contributed by atoms with Gasteiger partial charge in [-0.05, 0) is 43.2 Å². The maximum Gasteiger partial charge on any atom is 0.255 e. The van der Waals surface area contributed by atoms with Crippen molar-refractivity contribution < 1.29 is 14.3 Å². The zero-order chi connectivity index (χ0) is 16.1. The summed E-state index contributed by atoms with van der Waals surface area (Å²) in [6.07, 6.45) is 2.21. The Hall–Kier alpha value is -2.04. The fraction of sp³-hybridized carbons (Fsp3) is 0.278. The number of hydrogen-bond acceptors (Lipinski definition) is 3. The monoisotopic (exact) mass is 331 g/mol. The van der Waals surface area contributed by atoms with Gasteiger partial charge in [-0.3, -0.25) is 4.79 Å².